The van der Waals surface area contributed by atoms with E-state index in [1.165, 1.54) is 31.2 Å². The van der Waals surface area contributed by atoms with Crippen molar-refractivity contribution in [2.75, 3.05) is 27.7 Å². The maximum absolute atomic E-state index is 13.1. The predicted octanol–water partition coefficient (Wildman–Crippen LogP) is 2.90. The van der Waals surface area contributed by atoms with E-state index in [0.717, 1.165) is 30.9 Å². The van der Waals surface area contributed by atoms with Crippen molar-refractivity contribution in [3.8, 4) is 0 Å². The van der Waals surface area contributed by atoms with Crippen LogP contribution in [0, 0.1) is 5.92 Å². The highest BCUT2D eigenvalue weighted by atomic mass is 32.2. The van der Waals surface area contributed by atoms with E-state index in [9.17, 15) is 13.0 Å². The van der Waals surface area contributed by atoms with E-state index in [0.29, 0.717) is 0 Å². The minimum Gasteiger partial charge on any atom is -0.598 e. The molecule has 6 nitrogen and oxygen atoms in total. The third kappa shape index (κ3) is 4.38. The molecule has 1 aliphatic carbocycles. The number of fused-ring (bicyclic) bond motifs is 3. The van der Waals surface area contributed by atoms with Gasteiger partial charge in [-0.1, -0.05) is 12.1 Å². The molecular weight excluding hydrogens is 406 g/mol. The van der Waals surface area contributed by atoms with E-state index >= 15 is 0 Å². The van der Waals surface area contributed by atoms with Crippen LogP contribution in [0.3, 0.4) is 0 Å². The molecule has 164 valence electrons. The number of nitrogens with one attached hydrogen (secondary N) is 1. The monoisotopic (exact) mass is 441 g/mol. The van der Waals surface area contributed by atoms with Crippen molar-refractivity contribution < 1.29 is 13.0 Å². The Labute approximate surface area is 179 Å². The number of piperidine rings is 2. The van der Waals surface area contributed by atoms with Crippen LogP contribution in [-0.4, -0.2) is 60.1 Å². The van der Waals surface area contributed by atoms with Gasteiger partial charge in [0.1, 0.15) is 4.75 Å². The van der Waals surface area contributed by atoms with Gasteiger partial charge in [-0.25, -0.2) is 12.7 Å². The van der Waals surface area contributed by atoms with Gasteiger partial charge in [-0.05, 0) is 77.1 Å². The second kappa shape index (κ2) is 8.13. The summed E-state index contributed by atoms with van der Waals surface area (Å²) in [5.41, 5.74) is 0.893. The van der Waals surface area contributed by atoms with Crippen molar-refractivity contribution in [1.82, 2.24) is 13.9 Å². The van der Waals surface area contributed by atoms with Gasteiger partial charge in [0, 0.05) is 37.5 Å². The summed E-state index contributed by atoms with van der Waals surface area (Å²) < 4.78 is 42.3. The standard InChI is InChI=1S/C21H35N3O3S2/c1-20(2,3)28(25)22-19(21-13-11-16(12-14-21)15-24(21)6)17-7-9-18(10-8-17)29(26,27)23(4)5/h7-10,16,19,22H,11-15H2,1-6H3/t16?,19-,21?,28?/m1/s1. The minimum atomic E-state index is -3.47. The smallest absolute Gasteiger partial charge is 0.242 e. The number of hydrogen-bond donors (Lipinski definition) is 1. The number of rotatable bonds is 6. The van der Waals surface area contributed by atoms with E-state index in [1.807, 2.05) is 32.9 Å². The molecule has 0 spiro atoms. The van der Waals surface area contributed by atoms with Gasteiger partial charge >= 0.3 is 0 Å². The zero-order valence-electron chi connectivity index (χ0n) is 18.4. The molecule has 1 saturated carbocycles. The number of nitrogens with zero attached hydrogens (tertiary/aromatic N) is 2. The lowest BCUT2D eigenvalue weighted by Gasteiger charge is -2.56. The van der Waals surface area contributed by atoms with Gasteiger partial charge in [0.2, 0.25) is 10.0 Å². The molecule has 2 atom stereocenters. The van der Waals surface area contributed by atoms with E-state index in [-0.39, 0.29) is 21.2 Å². The average Bonchev–Trinajstić information content (AvgIpc) is 2.66. The summed E-state index contributed by atoms with van der Waals surface area (Å²) in [5.74, 6) is 0.753. The summed E-state index contributed by atoms with van der Waals surface area (Å²) in [6, 6.07) is 6.99. The van der Waals surface area contributed by atoms with E-state index in [4.69, 9.17) is 0 Å². The van der Waals surface area contributed by atoms with E-state index in [2.05, 4.69) is 16.7 Å². The van der Waals surface area contributed by atoms with Crippen LogP contribution in [0.15, 0.2) is 29.2 Å². The second-order valence-electron chi connectivity index (χ2n) is 9.72. The molecule has 1 aromatic carbocycles. The third-order valence-electron chi connectivity index (χ3n) is 6.57. The molecule has 2 bridgehead atoms. The highest BCUT2D eigenvalue weighted by Crippen LogP contribution is 2.49. The second-order valence-corrected chi connectivity index (χ2v) is 13.9. The molecule has 2 heterocycles. The molecule has 3 fully saturated rings. The molecule has 0 amide bonds. The quantitative estimate of drug-likeness (QED) is 0.687. The molecule has 8 heteroatoms. The molecule has 1 N–H and O–H groups in total. The van der Waals surface area contributed by atoms with Crippen LogP contribution in [0.5, 0.6) is 0 Å². The molecule has 3 aliphatic rings. The van der Waals surface area contributed by atoms with Crippen molar-refractivity contribution in [1.29, 1.82) is 0 Å². The molecule has 1 unspecified atom stereocenters. The summed E-state index contributed by atoms with van der Waals surface area (Å²) in [6.45, 7) is 6.98. The Hall–Kier alpha value is -0.640. The van der Waals surface area contributed by atoms with Gasteiger partial charge in [0.25, 0.3) is 0 Å². The highest BCUT2D eigenvalue weighted by molar-refractivity contribution is 7.90. The van der Waals surface area contributed by atoms with Crippen molar-refractivity contribution >= 4 is 21.4 Å². The molecule has 4 rings (SSSR count). The molecule has 1 aromatic rings. The zero-order valence-corrected chi connectivity index (χ0v) is 20.1. The fourth-order valence-electron chi connectivity index (χ4n) is 4.63. The average molecular weight is 442 g/mol. The van der Waals surface area contributed by atoms with Gasteiger partial charge in [0.15, 0.2) is 0 Å². The fourth-order valence-corrected chi connectivity index (χ4v) is 6.46. The van der Waals surface area contributed by atoms with Crippen molar-refractivity contribution in [2.24, 2.45) is 5.92 Å². The summed E-state index contributed by atoms with van der Waals surface area (Å²) >= 11 is -1.23. The first-order valence-electron chi connectivity index (χ1n) is 10.3. The van der Waals surface area contributed by atoms with Crippen molar-refractivity contribution in [3.05, 3.63) is 29.8 Å². The minimum absolute atomic E-state index is 0.0996. The largest absolute Gasteiger partial charge is 0.598 e. The lowest BCUT2D eigenvalue weighted by atomic mass is 9.66. The van der Waals surface area contributed by atoms with Crippen LogP contribution in [-0.2, 0) is 21.4 Å². The van der Waals surface area contributed by atoms with Crippen LogP contribution in [0.25, 0.3) is 0 Å². The van der Waals surface area contributed by atoms with Crippen molar-refractivity contribution in [2.45, 2.75) is 67.7 Å². The molecule has 2 aliphatic heterocycles. The SMILES string of the molecule is CN1CC2CCC1([C@H](N[S+]([O-])C(C)(C)C)c1ccc(S(=O)(=O)N(C)C)cc1)CC2. The third-order valence-corrected chi connectivity index (χ3v) is 9.97. The lowest BCUT2D eigenvalue weighted by molar-refractivity contribution is -0.0372. The lowest BCUT2D eigenvalue weighted by Crippen LogP contribution is -2.63. The van der Waals surface area contributed by atoms with Crippen LogP contribution < -0.4 is 4.72 Å². The van der Waals surface area contributed by atoms with Gasteiger partial charge < -0.3 is 4.55 Å². The van der Waals surface area contributed by atoms with Gasteiger partial charge in [0.05, 0.1) is 10.9 Å². The number of likely N-dealkylation sites (N-methyl/N-ethyl adjacent to an activating group) is 1. The van der Waals surface area contributed by atoms with Crippen LogP contribution in [0.4, 0.5) is 0 Å². The molecule has 0 aromatic heterocycles. The summed E-state index contributed by atoms with van der Waals surface area (Å²) in [7, 11) is 1.77. The Morgan fingerprint density at radius 1 is 1.21 bits per heavy atom. The predicted molar refractivity (Wildman–Crippen MR) is 118 cm³/mol. The van der Waals surface area contributed by atoms with Gasteiger partial charge in [-0.3, -0.25) is 4.90 Å². The number of benzene rings is 1. The molecule has 2 saturated heterocycles. The van der Waals surface area contributed by atoms with Crippen LogP contribution in [0.1, 0.15) is 58.1 Å². The van der Waals surface area contributed by atoms with Gasteiger partial charge in [-0.2, -0.15) is 0 Å². The van der Waals surface area contributed by atoms with Crippen LogP contribution >= 0.6 is 0 Å². The Morgan fingerprint density at radius 3 is 2.21 bits per heavy atom. The molecule has 0 radical (unpaired) electrons. The maximum atomic E-state index is 13.1. The highest BCUT2D eigenvalue weighted by Gasteiger charge is 2.52. The zero-order chi connectivity index (χ0) is 21.6. The normalized spacial score (nSPS) is 27.9. The van der Waals surface area contributed by atoms with E-state index in [1.54, 1.807) is 12.1 Å². The van der Waals surface area contributed by atoms with E-state index < -0.39 is 21.4 Å². The number of hydrogen-bond acceptors (Lipinski definition) is 5. The Balaban J connectivity index is 1.99. The number of sulfonamides is 1. The van der Waals surface area contributed by atoms with Crippen molar-refractivity contribution in [3.63, 3.8) is 0 Å². The summed E-state index contributed by atoms with van der Waals surface area (Å²) in [6.07, 6.45) is 4.51. The molecular formula is C21H35N3O3S2. The molecule has 29 heavy (non-hydrogen) atoms. The first-order chi connectivity index (χ1) is 13.4. The Morgan fingerprint density at radius 2 is 1.76 bits per heavy atom. The van der Waals surface area contributed by atoms with Crippen LogP contribution in [0.2, 0.25) is 0 Å². The Kier molecular flexibility index (Phi) is 6.46. The summed E-state index contributed by atoms with van der Waals surface area (Å²) in [4.78, 5) is 2.72. The first-order valence-corrected chi connectivity index (χ1v) is 12.9. The summed E-state index contributed by atoms with van der Waals surface area (Å²) in [5, 5.41) is 0. The Bertz CT molecular complexity index is 811. The first kappa shape index (κ1) is 23.0. The van der Waals surface area contributed by atoms with Gasteiger partial charge in [-0.15, -0.1) is 4.72 Å². The fraction of sp³-hybridized carbons (Fsp3) is 0.714. The maximum Gasteiger partial charge on any atom is 0.242 e. The topological polar surface area (TPSA) is 75.7 Å².